The van der Waals surface area contributed by atoms with E-state index in [2.05, 4.69) is 9.88 Å². The predicted molar refractivity (Wildman–Crippen MR) is 97.2 cm³/mol. The van der Waals surface area contributed by atoms with Crippen LogP contribution in [-0.4, -0.2) is 42.0 Å². The van der Waals surface area contributed by atoms with E-state index in [4.69, 9.17) is 0 Å². The molecule has 128 valence electrons. The van der Waals surface area contributed by atoms with Crippen molar-refractivity contribution in [2.24, 2.45) is 0 Å². The summed E-state index contributed by atoms with van der Waals surface area (Å²) in [5, 5.41) is 1.16. The average molecular weight is 337 g/mol. The van der Waals surface area contributed by atoms with Crippen molar-refractivity contribution in [1.29, 1.82) is 0 Å². The molecule has 0 bridgehead atoms. The van der Waals surface area contributed by atoms with Gasteiger partial charge in [-0.3, -0.25) is 4.79 Å². The van der Waals surface area contributed by atoms with Gasteiger partial charge in [0.2, 0.25) is 5.91 Å². The van der Waals surface area contributed by atoms with Crippen LogP contribution in [0.2, 0.25) is 0 Å². The summed E-state index contributed by atoms with van der Waals surface area (Å²) in [7, 11) is 0. The summed E-state index contributed by atoms with van der Waals surface area (Å²) in [6.07, 6.45) is 2.33. The predicted octanol–water partition coefficient (Wildman–Crippen LogP) is 3.20. The molecule has 0 spiro atoms. The molecule has 1 amide bonds. The molecule has 1 saturated heterocycles. The lowest BCUT2D eigenvalue weighted by Crippen LogP contribution is -2.49. The first-order chi connectivity index (χ1) is 12.2. The molecule has 1 aliphatic heterocycles. The van der Waals surface area contributed by atoms with Crippen LogP contribution in [-0.2, 0) is 11.2 Å². The Kier molecular flexibility index (Phi) is 4.14. The molecular formula is C20H20FN3O. The number of hydrogen-bond acceptors (Lipinski definition) is 2. The summed E-state index contributed by atoms with van der Waals surface area (Å²) >= 11 is 0. The van der Waals surface area contributed by atoms with Gasteiger partial charge in [-0.05, 0) is 47.3 Å². The van der Waals surface area contributed by atoms with E-state index in [1.807, 2.05) is 35.4 Å². The molecule has 0 saturated carbocycles. The third-order valence-corrected chi connectivity index (χ3v) is 4.80. The lowest BCUT2D eigenvalue weighted by molar-refractivity contribution is -0.130. The van der Waals surface area contributed by atoms with Gasteiger partial charge in [0.15, 0.2) is 0 Å². The highest BCUT2D eigenvalue weighted by atomic mass is 19.1. The van der Waals surface area contributed by atoms with E-state index in [-0.39, 0.29) is 11.7 Å². The van der Waals surface area contributed by atoms with Crippen LogP contribution in [0.5, 0.6) is 0 Å². The zero-order chi connectivity index (χ0) is 17.2. The Hall–Kier alpha value is -2.82. The Balaban J connectivity index is 1.36. The number of fused-ring (bicyclic) bond motifs is 1. The van der Waals surface area contributed by atoms with E-state index in [1.165, 1.54) is 12.1 Å². The molecule has 0 atom stereocenters. The summed E-state index contributed by atoms with van der Waals surface area (Å²) in [6.45, 7) is 2.93. The number of hydrogen-bond donors (Lipinski definition) is 1. The van der Waals surface area contributed by atoms with Gasteiger partial charge < -0.3 is 14.8 Å². The Morgan fingerprint density at radius 1 is 1.00 bits per heavy atom. The number of carbonyl (C=O) groups is 1. The largest absolute Gasteiger partial charge is 0.368 e. The van der Waals surface area contributed by atoms with E-state index < -0.39 is 0 Å². The molecule has 5 heteroatoms. The number of aromatic nitrogens is 1. The minimum absolute atomic E-state index is 0.157. The standard InChI is InChI=1S/C20H20FN3O/c21-17-3-5-18(6-4-17)23-9-11-24(12-10-23)20(25)14-15-1-2-16-7-8-22-19(16)13-15/h1-8,13,22H,9-12,14H2. The van der Waals surface area contributed by atoms with Crippen LogP contribution in [0.15, 0.2) is 54.7 Å². The maximum atomic E-state index is 13.0. The molecule has 2 aromatic carbocycles. The number of halogens is 1. The van der Waals surface area contributed by atoms with Crippen LogP contribution < -0.4 is 4.90 Å². The maximum Gasteiger partial charge on any atom is 0.227 e. The monoisotopic (exact) mass is 337 g/mol. The minimum atomic E-state index is -0.225. The summed E-state index contributed by atoms with van der Waals surface area (Å²) < 4.78 is 13.0. The zero-order valence-corrected chi connectivity index (χ0v) is 13.9. The normalized spacial score (nSPS) is 14.9. The van der Waals surface area contributed by atoms with E-state index >= 15 is 0 Å². The molecule has 0 radical (unpaired) electrons. The number of aromatic amines is 1. The van der Waals surface area contributed by atoms with Crippen molar-refractivity contribution in [1.82, 2.24) is 9.88 Å². The molecule has 1 N–H and O–H groups in total. The fourth-order valence-electron chi connectivity index (χ4n) is 3.36. The highest BCUT2D eigenvalue weighted by Gasteiger charge is 2.21. The van der Waals surface area contributed by atoms with Gasteiger partial charge in [-0.2, -0.15) is 0 Å². The first-order valence-corrected chi connectivity index (χ1v) is 8.53. The molecular weight excluding hydrogens is 317 g/mol. The van der Waals surface area contributed by atoms with Crippen LogP contribution in [0, 0.1) is 5.82 Å². The lowest BCUT2D eigenvalue weighted by atomic mass is 10.1. The number of rotatable bonds is 3. The highest BCUT2D eigenvalue weighted by Crippen LogP contribution is 2.18. The summed E-state index contributed by atoms with van der Waals surface area (Å²) in [5.74, 6) is -0.0683. The van der Waals surface area contributed by atoms with Crippen LogP contribution in [0.3, 0.4) is 0 Å². The smallest absolute Gasteiger partial charge is 0.227 e. The molecule has 3 aromatic rings. The van der Waals surface area contributed by atoms with Crippen molar-refractivity contribution < 1.29 is 9.18 Å². The summed E-state index contributed by atoms with van der Waals surface area (Å²) in [4.78, 5) is 19.9. The Labute approximate surface area is 145 Å². The molecule has 4 nitrogen and oxygen atoms in total. The molecule has 4 rings (SSSR count). The van der Waals surface area contributed by atoms with Crippen LogP contribution >= 0.6 is 0 Å². The molecule has 2 heterocycles. The van der Waals surface area contributed by atoms with Crippen LogP contribution in [0.25, 0.3) is 10.9 Å². The van der Waals surface area contributed by atoms with Crippen molar-refractivity contribution in [2.75, 3.05) is 31.1 Å². The van der Waals surface area contributed by atoms with Gasteiger partial charge in [0.05, 0.1) is 6.42 Å². The van der Waals surface area contributed by atoms with Gasteiger partial charge in [0.1, 0.15) is 5.82 Å². The highest BCUT2D eigenvalue weighted by molar-refractivity contribution is 5.83. The average Bonchev–Trinajstić information content (AvgIpc) is 3.10. The Bertz CT molecular complexity index is 879. The van der Waals surface area contributed by atoms with Gasteiger partial charge in [0.25, 0.3) is 0 Å². The zero-order valence-electron chi connectivity index (χ0n) is 13.9. The number of anilines is 1. The van der Waals surface area contributed by atoms with E-state index in [1.54, 1.807) is 12.1 Å². The molecule has 25 heavy (non-hydrogen) atoms. The first kappa shape index (κ1) is 15.7. The Morgan fingerprint density at radius 3 is 2.52 bits per heavy atom. The van der Waals surface area contributed by atoms with Crippen molar-refractivity contribution in [3.8, 4) is 0 Å². The van der Waals surface area contributed by atoms with Crippen molar-refractivity contribution in [3.63, 3.8) is 0 Å². The second-order valence-electron chi connectivity index (χ2n) is 6.42. The van der Waals surface area contributed by atoms with Gasteiger partial charge >= 0.3 is 0 Å². The molecule has 1 fully saturated rings. The van der Waals surface area contributed by atoms with E-state index in [9.17, 15) is 9.18 Å². The topological polar surface area (TPSA) is 39.3 Å². The number of H-pyrrole nitrogens is 1. The third kappa shape index (κ3) is 3.36. The van der Waals surface area contributed by atoms with Crippen molar-refractivity contribution in [3.05, 3.63) is 66.1 Å². The number of carbonyl (C=O) groups excluding carboxylic acids is 1. The number of piperazine rings is 1. The van der Waals surface area contributed by atoms with E-state index in [0.29, 0.717) is 19.5 Å². The third-order valence-electron chi connectivity index (χ3n) is 4.80. The fraction of sp³-hybridized carbons (Fsp3) is 0.250. The van der Waals surface area contributed by atoms with E-state index in [0.717, 1.165) is 35.2 Å². The maximum absolute atomic E-state index is 13.0. The minimum Gasteiger partial charge on any atom is -0.368 e. The second-order valence-corrected chi connectivity index (χ2v) is 6.42. The van der Waals surface area contributed by atoms with Crippen LogP contribution in [0.1, 0.15) is 5.56 Å². The molecule has 1 aromatic heterocycles. The fourth-order valence-corrected chi connectivity index (χ4v) is 3.36. The van der Waals surface area contributed by atoms with Gasteiger partial charge in [-0.25, -0.2) is 4.39 Å². The van der Waals surface area contributed by atoms with Crippen molar-refractivity contribution >= 4 is 22.5 Å². The Morgan fingerprint density at radius 2 is 1.76 bits per heavy atom. The summed E-state index contributed by atoms with van der Waals surface area (Å²) in [6, 6.07) is 14.7. The number of nitrogens with one attached hydrogen (secondary N) is 1. The first-order valence-electron chi connectivity index (χ1n) is 8.53. The molecule has 0 aliphatic carbocycles. The number of nitrogens with zero attached hydrogens (tertiary/aromatic N) is 2. The SMILES string of the molecule is O=C(Cc1ccc2cc[nH]c2c1)N1CCN(c2ccc(F)cc2)CC1. The van der Waals surface area contributed by atoms with Gasteiger partial charge in [0, 0.05) is 43.6 Å². The summed E-state index contributed by atoms with van der Waals surface area (Å²) in [5.41, 5.74) is 3.10. The van der Waals surface area contributed by atoms with Gasteiger partial charge in [-0.15, -0.1) is 0 Å². The second kappa shape index (κ2) is 6.59. The lowest BCUT2D eigenvalue weighted by Gasteiger charge is -2.36. The van der Waals surface area contributed by atoms with Crippen molar-refractivity contribution in [2.45, 2.75) is 6.42 Å². The molecule has 0 unspecified atom stereocenters. The molecule has 1 aliphatic rings. The van der Waals surface area contributed by atoms with Crippen LogP contribution in [0.4, 0.5) is 10.1 Å². The quantitative estimate of drug-likeness (QED) is 0.797. The number of benzene rings is 2. The number of amides is 1. The van der Waals surface area contributed by atoms with Gasteiger partial charge in [-0.1, -0.05) is 12.1 Å².